The molecule has 1 aromatic carbocycles. The Morgan fingerprint density at radius 1 is 1.15 bits per heavy atom. The van der Waals surface area contributed by atoms with E-state index >= 15 is 0 Å². The van der Waals surface area contributed by atoms with Crippen LogP contribution in [-0.4, -0.2) is 32.7 Å². The van der Waals surface area contributed by atoms with Gasteiger partial charge >= 0.3 is 0 Å². The number of benzene rings is 1. The van der Waals surface area contributed by atoms with Gasteiger partial charge in [0.2, 0.25) is 0 Å². The molecule has 0 bridgehead atoms. The zero-order valence-electron chi connectivity index (χ0n) is 14.5. The first-order valence-corrected chi connectivity index (χ1v) is 10.1. The van der Waals surface area contributed by atoms with Gasteiger partial charge in [-0.25, -0.2) is 9.97 Å². The standard InChI is InChI=1S/C20H19ClN4S/c1-26-20-23-11-16-13-25(8-7-19(16)24-20)12-14-5-6-18(22-10-14)15-3-2-4-17(21)9-15/h2-6,9-11H,7-8,12-13H2,1H3. The fraction of sp³-hybridized carbons (Fsp3) is 0.250. The summed E-state index contributed by atoms with van der Waals surface area (Å²) in [5.41, 5.74) is 5.62. The largest absolute Gasteiger partial charge is 0.294 e. The van der Waals surface area contributed by atoms with E-state index in [0.29, 0.717) is 0 Å². The average molecular weight is 383 g/mol. The summed E-state index contributed by atoms with van der Waals surface area (Å²) >= 11 is 7.66. The molecule has 0 N–H and O–H groups in total. The van der Waals surface area contributed by atoms with Gasteiger partial charge in [0.15, 0.2) is 5.16 Å². The summed E-state index contributed by atoms with van der Waals surface area (Å²) in [6, 6.07) is 12.0. The number of halogens is 1. The number of nitrogens with zero attached hydrogens (tertiary/aromatic N) is 4. The molecule has 0 atom stereocenters. The number of rotatable bonds is 4. The highest BCUT2D eigenvalue weighted by molar-refractivity contribution is 7.98. The summed E-state index contributed by atoms with van der Waals surface area (Å²) in [5.74, 6) is 0. The van der Waals surface area contributed by atoms with Crippen LogP contribution in [0.4, 0.5) is 0 Å². The minimum Gasteiger partial charge on any atom is -0.294 e. The molecule has 2 aromatic heterocycles. The fourth-order valence-electron chi connectivity index (χ4n) is 3.18. The van der Waals surface area contributed by atoms with Crippen LogP contribution in [-0.2, 0) is 19.5 Å². The lowest BCUT2D eigenvalue weighted by atomic mass is 10.1. The van der Waals surface area contributed by atoms with Gasteiger partial charge in [-0.05, 0) is 30.0 Å². The van der Waals surface area contributed by atoms with Crippen LogP contribution < -0.4 is 0 Å². The maximum absolute atomic E-state index is 6.07. The minimum atomic E-state index is 0.729. The third-order valence-electron chi connectivity index (χ3n) is 4.52. The van der Waals surface area contributed by atoms with Crippen molar-refractivity contribution in [2.24, 2.45) is 0 Å². The van der Waals surface area contributed by atoms with Gasteiger partial charge in [-0.2, -0.15) is 0 Å². The first-order chi connectivity index (χ1) is 12.7. The molecule has 4 rings (SSSR count). The maximum atomic E-state index is 6.07. The second kappa shape index (κ2) is 7.74. The van der Waals surface area contributed by atoms with Crippen LogP contribution in [0, 0.1) is 0 Å². The zero-order valence-corrected chi connectivity index (χ0v) is 16.1. The molecular weight excluding hydrogens is 364 g/mol. The summed E-state index contributed by atoms with van der Waals surface area (Å²) in [6.45, 7) is 2.78. The van der Waals surface area contributed by atoms with Crippen molar-refractivity contribution in [2.45, 2.75) is 24.7 Å². The third-order valence-corrected chi connectivity index (χ3v) is 5.32. The Morgan fingerprint density at radius 2 is 2.08 bits per heavy atom. The lowest BCUT2D eigenvalue weighted by Gasteiger charge is -2.27. The van der Waals surface area contributed by atoms with Crippen LogP contribution in [0.1, 0.15) is 16.8 Å². The van der Waals surface area contributed by atoms with Crippen LogP contribution in [0.5, 0.6) is 0 Å². The number of aromatic nitrogens is 3. The van der Waals surface area contributed by atoms with Crippen LogP contribution >= 0.6 is 23.4 Å². The van der Waals surface area contributed by atoms with E-state index in [0.717, 1.165) is 47.5 Å². The van der Waals surface area contributed by atoms with Gasteiger partial charge in [-0.1, -0.05) is 41.6 Å². The third kappa shape index (κ3) is 3.90. The Balaban J connectivity index is 1.44. The topological polar surface area (TPSA) is 41.9 Å². The predicted octanol–water partition coefficient (Wildman–Crippen LogP) is 4.47. The summed E-state index contributed by atoms with van der Waals surface area (Å²) in [5, 5.41) is 1.59. The van der Waals surface area contributed by atoms with Crippen LogP contribution in [0.3, 0.4) is 0 Å². The molecule has 4 nitrogen and oxygen atoms in total. The lowest BCUT2D eigenvalue weighted by molar-refractivity contribution is 0.242. The normalized spacial score (nSPS) is 14.2. The van der Waals surface area contributed by atoms with Crippen molar-refractivity contribution in [3.8, 4) is 11.3 Å². The molecule has 0 saturated heterocycles. The van der Waals surface area contributed by atoms with E-state index in [-0.39, 0.29) is 0 Å². The highest BCUT2D eigenvalue weighted by atomic mass is 35.5. The molecule has 6 heteroatoms. The monoisotopic (exact) mass is 382 g/mol. The molecule has 0 spiro atoms. The van der Waals surface area contributed by atoms with E-state index in [1.54, 1.807) is 11.8 Å². The van der Waals surface area contributed by atoms with Crippen molar-refractivity contribution in [2.75, 3.05) is 12.8 Å². The van der Waals surface area contributed by atoms with Crippen LogP contribution in [0.15, 0.2) is 53.9 Å². The summed E-state index contributed by atoms with van der Waals surface area (Å²) in [6.07, 6.45) is 6.91. The van der Waals surface area contributed by atoms with Crippen molar-refractivity contribution in [3.05, 3.63) is 70.6 Å². The van der Waals surface area contributed by atoms with E-state index in [2.05, 4.69) is 32.0 Å². The SMILES string of the molecule is CSc1ncc2c(n1)CCN(Cc1ccc(-c3cccc(Cl)c3)nc1)C2. The molecule has 3 heterocycles. The Morgan fingerprint density at radius 3 is 2.85 bits per heavy atom. The second-order valence-corrected chi connectivity index (χ2v) is 7.56. The Kier molecular flexibility index (Phi) is 5.20. The smallest absolute Gasteiger partial charge is 0.187 e. The van der Waals surface area contributed by atoms with E-state index in [1.165, 1.54) is 16.8 Å². The van der Waals surface area contributed by atoms with E-state index in [9.17, 15) is 0 Å². The summed E-state index contributed by atoms with van der Waals surface area (Å²) in [7, 11) is 0. The van der Waals surface area contributed by atoms with Gasteiger partial charge in [-0.15, -0.1) is 0 Å². The Bertz CT molecular complexity index is 914. The van der Waals surface area contributed by atoms with E-state index in [4.69, 9.17) is 11.6 Å². The molecule has 0 saturated carbocycles. The van der Waals surface area contributed by atoms with Gasteiger partial charge in [0.25, 0.3) is 0 Å². The molecule has 3 aromatic rings. The molecule has 0 amide bonds. The molecule has 0 fully saturated rings. The number of hydrogen-bond donors (Lipinski definition) is 0. The van der Waals surface area contributed by atoms with Crippen molar-refractivity contribution >= 4 is 23.4 Å². The average Bonchev–Trinajstić information content (AvgIpc) is 2.68. The first kappa shape index (κ1) is 17.5. The van der Waals surface area contributed by atoms with Gasteiger partial charge < -0.3 is 0 Å². The number of pyridine rings is 1. The van der Waals surface area contributed by atoms with Gasteiger partial charge in [0, 0.05) is 54.6 Å². The van der Waals surface area contributed by atoms with Crippen LogP contribution in [0.2, 0.25) is 5.02 Å². The molecule has 0 radical (unpaired) electrons. The Labute approximate surface area is 162 Å². The number of hydrogen-bond acceptors (Lipinski definition) is 5. The predicted molar refractivity (Wildman–Crippen MR) is 106 cm³/mol. The Hall–Kier alpha value is -1.95. The highest BCUT2D eigenvalue weighted by Crippen LogP contribution is 2.23. The first-order valence-electron chi connectivity index (χ1n) is 8.53. The van der Waals surface area contributed by atoms with Gasteiger partial charge in [-0.3, -0.25) is 9.88 Å². The summed E-state index contributed by atoms with van der Waals surface area (Å²) in [4.78, 5) is 16.1. The molecule has 26 heavy (non-hydrogen) atoms. The molecule has 0 unspecified atom stereocenters. The van der Waals surface area contributed by atoms with E-state index in [1.807, 2.05) is 42.9 Å². The minimum absolute atomic E-state index is 0.729. The second-order valence-electron chi connectivity index (χ2n) is 6.35. The van der Waals surface area contributed by atoms with Crippen LogP contribution in [0.25, 0.3) is 11.3 Å². The number of fused-ring (bicyclic) bond motifs is 1. The molecule has 1 aliphatic rings. The van der Waals surface area contributed by atoms with Crippen molar-refractivity contribution in [1.29, 1.82) is 0 Å². The quantitative estimate of drug-likeness (QED) is 0.491. The zero-order chi connectivity index (χ0) is 17.9. The lowest BCUT2D eigenvalue weighted by Crippen LogP contribution is -2.31. The fourth-order valence-corrected chi connectivity index (χ4v) is 3.73. The molecule has 1 aliphatic heterocycles. The maximum Gasteiger partial charge on any atom is 0.187 e. The highest BCUT2D eigenvalue weighted by Gasteiger charge is 2.18. The molecule has 0 aliphatic carbocycles. The molecular formula is C20H19ClN4S. The number of thioether (sulfide) groups is 1. The summed E-state index contributed by atoms with van der Waals surface area (Å²) < 4.78 is 0. The van der Waals surface area contributed by atoms with Crippen molar-refractivity contribution < 1.29 is 0 Å². The van der Waals surface area contributed by atoms with Crippen molar-refractivity contribution in [1.82, 2.24) is 19.9 Å². The van der Waals surface area contributed by atoms with Crippen molar-refractivity contribution in [3.63, 3.8) is 0 Å². The molecule has 132 valence electrons. The van der Waals surface area contributed by atoms with E-state index < -0.39 is 0 Å². The van der Waals surface area contributed by atoms with Gasteiger partial charge in [0.1, 0.15) is 0 Å². The van der Waals surface area contributed by atoms with Gasteiger partial charge in [0.05, 0.1) is 11.4 Å².